The number of nitrogens with one attached hydrogen (secondary N) is 2. The number of hydrogen-bond donors (Lipinski definition) is 2. The first-order valence-electron chi connectivity index (χ1n) is 5.84. The summed E-state index contributed by atoms with van der Waals surface area (Å²) in [6.45, 7) is 0. The number of halogens is 3. The molecule has 3 rings (SSSR count). The highest BCUT2D eigenvalue weighted by molar-refractivity contribution is 5.82. The quantitative estimate of drug-likeness (QED) is 0.702. The standard InChI is InChI=1S/C14H9F3N2O/c15-14(16,17)10-4-2-1-3-9(10)8-5-6-11-12(7-8)19-13(20)18-11/h1-7H,(H2,18,19,20). The highest BCUT2D eigenvalue weighted by Crippen LogP contribution is 2.37. The Kier molecular flexibility index (Phi) is 2.67. The molecule has 3 nitrogen and oxygen atoms in total. The normalized spacial score (nSPS) is 11.9. The fourth-order valence-electron chi connectivity index (χ4n) is 2.18. The van der Waals surface area contributed by atoms with E-state index >= 15 is 0 Å². The summed E-state index contributed by atoms with van der Waals surface area (Å²) >= 11 is 0. The van der Waals surface area contributed by atoms with Crippen LogP contribution < -0.4 is 5.69 Å². The highest BCUT2D eigenvalue weighted by atomic mass is 19.4. The Bertz CT molecular complexity index is 830. The number of aromatic amines is 2. The second-order valence-corrected chi connectivity index (χ2v) is 4.38. The summed E-state index contributed by atoms with van der Waals surface area (Å²) < 4.78 is 39.0. The summed E-state index contributed by atoms with van der Waals surface area (Å²) in [6.07, 6.45) is -4.42. The molecule has 0 spiro atoms. The van der Waals surface area contributed by atoms with Gasteiger partial charge in [0, 0.05) is 0 Å². The van der Waals surface area contributed by atoms with Crippen molar-refractivity contribution in [2.24, 2.45) is 0 Å². The van der Waals surface area contributed by atoms with Crippen molar-refractivity contribution in [1.29, 1.82) is 0 Å². The third-order valence-corrected chi connectivity index (χ3v) is 3.06. The summed E-state index contributed by atoms with van der Waals surface area (Å²) in [5.74, 6) is 0. The van der Waals surface area contributed by atoms with Crippen molar-refractivity contribution in [3.63, 3.8) is 0 Å². The highest BCUT2D eigenvalue weighted by Gasteiger charge is 2.33. The van der Waals surface area contributed by atoms with Crippen molar-refractivity contribution in [2.45, 2.75) is 6.18 Å². The minimum Gasteiger partial charge on any atom is -0.306 e. The third kappa shape index (κ3) is 2.09. The summed E-state index contributed by atoms with van der Waals surface area (Å²) in [5, 5.41) is 0. The molecular weight excluding hydrogens is 269 g/mol. The van der Waals surface area contributed by atoms with Gasteiger partial charge in [0.15, 0.2) is 0 Å². The zero-order valence-electron chi connectivity index (χ0n) is 10.1. The summed E-state index contributed by atoms with van der Waals surface area (Å²) in [6, 6.07) is 10.0. The molecule has 2 N–H and O–H groups in total. The van der Waals surface area contributed by atoms with Gasteiger partial charge in [-0.1, -0.05) is 24.3 Å². The van der Waals surface area contributed by atoms with Crippen LogP contribution in [-0.2, 0) is 6.18 Å². The van der Waals surface area contributed by atoms with E-state index in [4.69, 9.17) is 0 Å². The van der Waals surface area contributed by atoms with E-state index in [2.05, 4.69) is 9.97 Å². The van der Waals surface area contributed by atoms with Gasteiger partial charge in [-0.25, -0.2) is 4.79 Å². The van der Waals surface area contributed by atoms with Crippen molar-refractivity contribution >= 4 is 11.0 Å². The first kappa shape index (κ1) is 12.5. The average Bonchev–Trinajstić information content (AvgIpc) is 2.76. The van der Waals surface area contributed by atoms with Crippen LogP contribution in [0.3, 0.4) is 0 Å². The van der Waals surface area contributed by atoms with Crippen molar-refractivity contribution < 1.29 is 13.2 Å². The summed E-state index contributed by atoms with van der Waals surface area (Å²) in [4.78, 5) is 16.3. The lowest BCUT2D eigenvalue weighted by Gasteiger charge is -2.12. The van der Waals surface area contributed by atoms with E-state index in [1.807, 2.05) is 0 Å². The van der Waals surface area contributed by atoms with E-state index in [9.17, 15) is 18.0 Å². The molecule has 1 heterocycles. The lowest BCUT2D eigenvalue weighted by atomic mass is 9.99. The van der Waals surface area contributed by atoms with Gasteiger partial charge < -0.3 is 9.97 Å². The lowest BCUT2D eigenvalue weighted by molar-refractivity contribution is -0.137. The van der Waals surface area contributed by atoms with Crippen molar-refractivity contribution in [1.82, 2.24) is 9.97 Å². The zero-order valence-corrected chi connectivity index (χ0v) is 10.1. The Morgan fingerprint density at radius 2 is 1.60 bits per heavy atom. The molecule has 0 unspecified atom stereocenters. The maximum Gasteiger partial charge on any atom is 0.417 e. The van der Waals surface area contributed by atoms with Gasteiger partial charge in [0.05, 0.1) is 16.6 Å². The molecule has 102 valence electrons. The summed E-state index contributed by atoms with van der Waals surface area (Å²) in [5.41, 5.74) is 0.441. The maximum atomic E-state index is 13.0. The predicted octanol–water partition coefficient (Wildman–Crippen LogP) is 3.54. The van der Waals surface area contributed by atoms with Gasteiger partial charge in [-0.15, -0.1) is 0 Å². The van der Waals surface area contributed by atoms with Crippen LogP contribution in [-0.4, -0.2) is 9.97 Å². The van der Waals surface area contributed by atoms with Crippen LogP contribution in [0.1, 0.15) is 5.56 Å². The molecule has 0 saturated carbocycles. The predicted molar refractivity (Wildman–Crippen MR) is 69.4 cm³/mol. The Hall–Kier alpha value is -2.50. The largest absolute Gasteiger partial charge is 0.417 e. The number of fused-ring (bicyclic) bond motifs is 1. The minimum absolute atomic E-state index is 0.0870. The topological polar surface area (TPSA) is 48.6 Å². The Morgan fingerprint density at radius 3 is 2.35 bits per heavy atom. The van der Waals surface area contributed by atoms with Gasteiger partial charge in [0.25, 0.3) is 0 Å². The molecule has 6 heteroatoms. The monoisotopic (exact) mass is 278 g/mol. The van der Waals surface area contributed by atoms with E-state index in [1.54, 1.807) is 18.2 Å². The SMILES string of the molecule is O=c1[nH]c2ccc(-c3ccccc3C(F)(F)F)cc2[nH]1. The maximum absolute atomic E-state index is 13.0. The van der Waals surface area contributed by atoms with Crippen LogP contribution in [0.15, 0.2) is 47.3 Å². The molecule has 0 amide bonds. The van der Waals surface area contributed by atoms with Gasteiger partial charge in [-0.05, 0) is 29.3 Å². The average molecular weight is 278 g/mol. The van der Waals surface area contributed by atoms with Crippen LogP contribution in [0.25, 0.3) is 22.2 Å². The minimum atomic E-state index is -4.42. The van der Waals surface area contributed by atoms with Crippen LogP contribution in [0.5, 0.6) is 0 Å². The number of imidazole rings is 1. The van der Waals surface area contributed by atoms with E-state index in [0.717, 1.165) is 6.07 Å². The number of rotatable bonds is 1. The fraction of sp³-hybridized carbons (Fsp3) is 0.0714. The van der Waals surface area contributed by atoms with Gasteiger partial charge in [0.1, 0.15) is 0 Å². The van der Waals surface area contributed by atoms with Crippen molar-refractivity contribution in [3.05, 3.63) is 58.5 Å². The number of H-pyrrole nitrogens is 2. The molecule has 0 atom stereocenters. The molecule has 0 bridgehead atoms. The third-order valence-electron chi connectivity index (χ3n) is 3.06. The fourth-order valence-corrected chi connectivity index (χ4v) is 2.18. The van der Waals surface area contributed by atoms with Crippen LogP contribution in [0.2, 0.25) is 0 Å². The molecule has 0 fully saturated rings. The second kappa shape index (κ2) is 4.26. The molecule has 0 radical (unpaired) electrons. The number of benzene rings is 2. The first-order valence-corrected chi connectivity index (χ1v) is 5.84. The van der Waals surface area contributed by atoms with Crippen molar-refractivity contribution in [3.8, 4) is 11.1 Å². The van der Waals surface area contributed by atoms with E-state index in [0.29, 0.717) is 16.6 Å². The molecule has 0 saturated heterocycles. The van der Waals surface area contributed by atoms with E-state index in [-0.39, 0.29) is 11.3 Å². The Labute approximate surface area is 111 Å². The van der Waals surface area contributed by atoms with Crippen molar-refractivity contribution in [2.75, 3.05) is 0 Å². The second-order valence-electron chi connectivity index (χ2n) is 4.38. The number of aromatic nitrogens is 2. The van der Waals surface area contributed by atoms with Gasteiger partial charge in [0.2, 0.25) is 0 Å². The van der Waals surface area contributed by atoms with Gasteiger partial charge in [-0.3, -0.25) is 0 Å². The zero-order chi connectivity index (χ0) is 14.3. The molecule has 2 aromatic carbocycles. The molecular formula is C14H9F3N2O. The molecule has 0 aliphatic carbocycles. The molecule has 0 aliphatic heterocycles. The number of hydrogen-bond acceptors (Lipinski definition) is 1. The van der Waals surface area contributed by atoms with Gasteiger partial charge >= 0.3 is 11.9 Å². The van der Waals surface area contributed by atoms with E-state index < -0.39 is 11.7 Å². The van der Waals surface area contributed by atoms with Crippen LogP contribution >= 0.6 is 0 Å². The molecule has 20 heavy (non-hydrogen) atoms. The summed E-state index contributed by atoms with van der Waals surface area (Å²) in [7, 11) is 0. The number of alkyl halides is 3. The van der Waals surface area contributed by atoms with Crippen LogP contribution in [0.4, 0.5) is 13.2 Å². The molecule has 0 aliphatic rings. The lowest BCUT2D eigenvalue weighted by Crippen LogP contribution is -2.06. The van der Waals surface area contributed by atoms with E-state index in [1.165, 1.54) is 18.2 Å². The first-order chi connectivity index (χ1) is 9.45. The Balaban J connectivity index is 2.23. The molecule has 3 aromatic rings. The molecule has 1 aromatic heterocycles. The van der Waals surface area contributed by atoms with Crippen LogP contribution in [0, 0.1) is 0 Å². The van der Waals surface area contributed by atoms with Gasteiger partial charge in [-0.2, -0.15) is 13.2 Å². The Morgan fingerprint density at radius 1 is 0.900 bits per heavy atom. The smallest absolute Gasteiger partial charge is 0.306 e.